The van der Waals surface area contributed by atoms with Crippen molar-refractivity contribution in [3.63, 3.8) is 0 Å². The van der Waals surface area contributed by atoms with Crippen LogP contribution in [0.25, 0.3) is 22.3 Å². The molecule has 2 aliphatic rings. The molecule has 2 saturated heterocycles. The van der Waals surface area contributed by atoms with Crippen molar-refractivity contribution in [2.75, 3.05) is 67.2 Å². The highest BCUT2D eigenvalue weighted by molar-refractivity contribution is 6.43. The lowest BCUT2D eigenvalue weighted by Gasteiger charge is -2.37. The van der Waals surface area contributed by atoms with Crippen LogP contribution in [-0.2, 0) is 10.9 Å². The van der Waals surface area contributed by atoms with E-state index >= 15 is 0 Å². The average Bonchev–Trinajstić information content (AvgIpc) is 3.15. The molecule has 0 aliphatic carbocycles. The average molecular weight is 798 g/mol. The predicted molar refractivity (Wildman–Crippen MR) is 196 cm³/mol. The molecular formula is C36H29Cl4F5N6O. The minimum Gasteiger partial charge on any atom is -0.378 e. The Morgan fingerprint density at radius 2 is 1.19 bits per heavy atom. The van der Waals surface area contributed by atoms with Crippen molar-refractivity contribution in [2.45, 2.75) is 6.18 Å². The highest BCUT2D eigenvalue weighted by Gasteiger charge is 2.36. The smallest absolute Gasteiger partial charge is 0.378 e. The fourth-order valence-electron chi connectivity index (χ4n) is 5.78. The number of nitrogens with zero attached hydrogens (tertiary/aromatic N) is 6. The Hall–Kier alpha value is -3.94. The first-order chi connectivity index (χ1) is 24.9. The van der Waals surface area contributed by atoms with E-state index in [2.05, 4.69) is 14.9 Å². The van der Waals surface area contributed by atoms with Crippen LogP contribution in [0.5, 0.6) is 0 Å². The van der Waals surface area contributed by atoms with Crippen LogP contribution in [-0.4, -0.2) is 67.4 Å². The molecule has 7 nitrogen and oxygen atoms in total. The molecule has 7 rings (SSSR count). The zero-order valence-corrected chi connectivity index (χ0v) is 30.2. The van der Waals surface area contributed by atoms with Crippen LogP contribution in [0.3, 0.4) is 0 Å². The lowest BCUT2D eigenvalue weighted by molar-refractivity contribution is -0.137. The number of aromatic nitrogens is 3. The second-order valence-corrected chi connectivity index (χ2v) is 13.3. The van der Waals surface area contributed by atoms with Gasteiger partial charge in [0.1, 0.15) is 34.2 Å². The number of ether oxygens (including phenoxy) is 1. The minimum absolute atomic E-state index is 0.0308. The van der Waals surface area contributed by atoms with Gasteiger partial charge in [-0.1, -0.05) is 58.5 Å². The summed E-state index contributed by atoms with van der Waals surface area (Å²) in [5, 5.41) is 0.608. The third kappa shape index (κ3) is 8.80. The molecule has 0 bridgehead atoms. The van der Waals surface area contributed by atoms with Crippen LogP contribution >= 0.6 is 46.4 Å². The van der Waals surface area contributed by atoms with Gasteiger partial charge in [-0.05, 0) is 71.3 Å². The van der Waals surface area contributed by atoms with Crippen LogP contribution in [0, 0.1) is 11.6 Å². The van der Waals surface area contributed by atoms with Crippen molar-refractivity contribution in [1.29, 1.82) is 0 Å². The van der Waals surface area contributed by atoms with Crippen molar-refractivity contribution in [3.05, 3.63) is 117 Å². The van der Waals surface area contributed by atoms with Crippen molar-refractivity contribution in [3.8, 4) is 22.3 Å². The van der Waals surface area contributed by atoms with Crippen molar-refractivity contribution in [2.24, 2.45) is 0 Å². The number of benzene rings is 2. The zero-order chi connectivity index (χ0) is 37.0. The molecule has 5 heterocycles. The molecule has 2 aliphatic heterocycles. The first-order valence-electron chi connectivity index (χ1n) is 16.0. The van der Waals surface area contributed by atoms with Crippen LogP contribution < -0.4 is 14.7 Å². The molecule has 16 heteroatoms. The molecule has 0 unspecified atom stereocenters. The number of rotatable bonds is 5. The Morgan fingerprint density at radius 1 is 0.615 bits per heavy atom. The minimum atomic E-state index is -4.47. The summed E-state index contributed by atoms with van der Waals surface area (Å²) in [7, 11) is 0. The number of morpholine rings is 1. The van der Waals surface area contributed by atoms with Gasteiger partial charge >= 0.3 is 6.18 Å². The molecule has 272 valence electrons. The number of hydrogen-bond acceptors (Lipinski definition) is 7. The highest BCUT2D eigenvalue weighted by atomic mass is 35.5. The van der Waals surface area contributed by atoms with Gasteiger partial charge in [0.2, 0.25) is 0 Å². The summed E-state index contributed by atoms with van der Waals surface area (Å²) in [6.07, 6.45) is -1.56. The van der Waals surface area contributed by atoms with Crippen LogP contribution in [0.15, 0.2) is 79.1 Å². The maximum absolute atomic E-state index is 13.8. The fourth-order valence-corrected chi connectivity index (χ4v) is 6.52. The molecule has 0 N–H and O–H groups in total. The zero-order valence-electron chi connectivity index (χ0n) is 27.2. The first-order valence-corrected chi connectivity index (χ1v) is 17.5. The van der Waals surface area contributed by atoms with Crippen molar-refractivity contribution >= 4 is 63.9 Å². The summed E-state index contributed by atoms with van der Waals surface area (Å²) in [6.45, 7) is 4.22. The molecule has 0 spiro atoms. The number of piperazine rings is 1. The first kappa shape index (κ1) is 37.8. The van der Waals surface area contributed by atoms with E-state index in [1.165, 1.54) is 36.7 Å². The second kappa shape index (κ2) is 16.4. The summed E-state index contributed by atoms with van der Waals surface area (Å²) in [5.74, 6) is 0.443. The number of anilines is 3. The Kier molecular flexibility index (Phi) is 11.9. The molecule has 5 aromatic rings. The highest BCUT2D eigenvalue weighted by Crippen LogP contribution is 2.37. The molecule has 0 saturated carbocycles. The Labute approximate surface area is 316 Å². The van der Waals surface area contributed by atoms with Gasteiger partial charge in [-0.3, -0.25) is 0 Å². The maximum Gasteiger partial charge on any atom is 0.419 e. The lowest BCUT2D eigenvalue weighted by Crippen LogP contribution is -2.47. The van der Waals surface area contributed by atoms with E-state index in [0.29, 0.717) is 74.4 Å². The standard InChI is InChI=1S/C25H24ClF4N5O.C11H5Cl3FN/c26-20-14-17(3-4-21(20)27)18-15-22(32-23(16-18)34-10-12-36-13-11-34)33-6-8-35(9-7-33)24-19(25(28,29)30)2-1-5-31-24;12-8-5-6(1-2-9(8)15)7-3-4-16-11(14)10(7)13/h1-5,14-16H,6-13H2;1-5H. The van der Waals surface area contributed by atoms with E-state index in [-0.39, 0.29) is 21.0 Å². The van der Waals surface area contributed by atoms with Gasteiger partial charge in [0, 0.05) is 57.2 Å². The molecule has 0 atom stereocenters. The number of pyridine rings is 3. The van der Waals surface area contributed by atoms with Gasteiger partial charge in [0.05, 0.1) is 33.8 Å². The Bertz CT molecular complexity index is 2040. The summed E-state index contributed by atoms with van der Waals surface area (Å²) in [5.41, 5.74) is 2.21. The van der Waals surface area contributed by atoms with Crippen LogP contribution in [0.1, 0.15) is 5.56 Å². The lowest BCUT2D eigenvalue weighted by atomic mass is 10.1. The van der Waals surface area contributed by atoms with E-state index in [9.17, 15) is 22.0 Å². The summed E-state index contributed by atoms with van der Waals surface area (Å²) in [6, 6.07) is 16.8. The predicted octanol–water partition coefficient (Wildman–Crippen LogP) is 9.97. The largest absolute Gasteiger partial charge is 0.419 e. The second-order valence-electron chi connectivity index (χ2n) is 11.7. The molecule has 52 heavy (non-hydrogen) atoms. The van der Waals surface area contributed by atoms with Gasteiger partial charge < -0.3 is 19.4 Å². The van der Waals surface area contributed by atoms with E-state index < -0.39 is 23.4 Å². The fraction of sp³-hybridized carbons (Fsp3) is 0.250. The summed E-state index contributed by atoms with van der Waals surface area (Å²) in [4.78, 5) is 18.6. The molecule has 2 aromatic carbocycles. The normalized spacial score (nSPS) is 15.0. The molecule has 3 aromatic heterocycles. The summed E-state index contributed by atoms with van der Waals surface area (Å²) < 4.78 is 72.7. The Morgan fingerprint density at radius 3 is 1.81 bits per heavy atom. The van der Waals surface area contributed by atoms with E-state index in [0.717, 1.165) is 23.0 Å². The molecule has 0 amide bonds. The van der Waals surface area contributed by atoms with Crippen LogP contribution in [0.2, 0.25) is 20.2 Å². The third-order valence-electron chi connectivity index (χ3n) is 8.46. The maximum atomic E-state index is 13.8. The summed E-state index contributed by atoms with van der Waals surface area (Å²) >= 11 is 23.5. The molecule has 2 fully saturated rings. The van der Waals surface area contributed by atoms with E-state index in [4.69, 9.17) is 56.1 Å². The topological polar surface area (TPSA) is 57.6 Å². The van der Waals surface area contributed by atoms with Gasteiger partial charge in [0.25, 0.3) is 0 Å². The van der Waals surface area contributed by atoms with Gasteiger partial charge in [-0.2, -0.15) is 13.2 Å². The molecular weight excluding hydrogens is 769 g/mol. The van der Waals surface area contributed by atoms with Gasteiger partial charge in [0.15, 0.2) is 0 Å². The number of hydrogen-bond donors (Lipinski definition) is 0. The van der Waals surface area contributed by atoms with E-state index in [1.54, 1.807) is 29.2 Å². The Balaban J connectivity index is 0.000000242. The van der Waals surface area contributed by atoms with Crippen molar-refractivity contribution in [1.82, 2.24) is 15.0 Å². The molecule has 0 radical (unpaired) electrons. The van der Waals surface area contributed by atoms with Gasteiger partial charge in [-0.15, -0.1) is 0 Å². The third-order valence-corrected chi connectivity index (χ3v) is 9.80. The van der Waals surface area contributed by atoms with E-state index in [1.807, 2.05) is 17.0 Å². The quantitative estimate of drug-likeness (QED) is 0.130. The number of halogens is 9. The number of alkyl halides is 3. The van der Waals surface area contributed by atoms with Gasteiger partial charge in [-0.25, -0.2) is 23.7 Å². The van der Waals surface area contributed by atoms with Crippen LogP contribution in [0.4, 0.5) is 39.4 Å². The monoisotopic (exact) mass is 796 g/mol. The van der Waals surface area contributed by atoms with Crippen molar-refractivity contribution < 1.29 is 26.7 Å². The SMILES string of the molecule is Fc1ccc(-c2cc(N3CCOCC3)nc(N3CCN(c4ncccc4C(F)(F)F)CC3)c2)cc1Cl.Fc1ccc(-c2ccnc(Cl)c2Cl)cc1Cl.